The van der Waals surface area contributed by atoms with Crippen molar-refractivity contribution in [2.24, 2.45) is 7.05 Å². The molecule has 0 spiro atoms. The standard InChI is InChI=1S/C27H28F2N4O3S/c1-5-30-25(34)20-10-16-18(12-32(4)26(35)23(16)31-20)24-22(9-15(37-24)11-27(2,3)36)33-13-19(29)17-8-14(28)6-7-21(17)33/h6-10,12,19,31,36H,5,11,13H2,1-4H3,(H,30,34). The van der Waals surface area contributed by atoms with Gasteiger partial charge in [-0.15, -0.1) is 11.3 Å². The van der Waals surface area contributed by atoms with Gasteiger partial charge in [-0.05, 0) is 51.1 Å². The van der Waals surface area contributed by atoms with Gasteiger partial charge >= 0.3 is 0 Å². The number of alkyl halides is 1. The van der Waals surface area contributed by atoms with E-state index < -0.39 is 17.6 Å². The van der Waals surface area contributed by atoms with Crippen LogP contribution in [0.4, 0.5) is 20.2 Å². The third-order valence-electron chi connectivity index (χ3n) is 6.41. The van der Waals surface area contributed by atoms with E-state index in [9.17, 15) is 19.1 Å². The zero-order valence-electron chi connectivity index (χ0n) is 21.0. The molecule has 1 unspecified atom stereocenters. The van der Waals surface area contributed by atoms with Crippen molar-refractivity contribution in [3.05, 3.63) is 68.8 Å². The van der Waals surface area contributed by atoms with Crippen molar-refractivity contribution < 1.29 is 18.7 Å². The Morgan fingerprint density at radius 3 is 2.73 bits per heavy atom. The van der Waals surface area contributed by atoms with Gasteiger partial charge in [-0.25, -0.2) is 8.78 Å². The molecule has 10 heteroatoms. The quantitative estimate of drug-likeness (QED) is 0.331. The van der Waals surface area contributed by atoms with Gasteiger partial charge in [-0.3, -0.25) is 9.59 Å². The lowest BCUT2D eigenvalue weighted by Gasteiger charge is -2.20. The van der Waals surface area contributed by atoms with Gasteiger partial charge < -0.3 is 24.9 Å². The van der Waals surface area contributed by atoms with Crippen LogP contribution in [0.5, 0.6) is 0 Å². The van der Waals surface area contributed by atoms with Gasteiger partial charge in [-0.1, -0.05) is 0 Å². The number of aromatic amines is 1. The number of nitrogens with zero attached hydrogens (tertiary/aromatic N) is 2. The van der Waals surface area contributed by atoms with Crippen LogP contribution in [-0.2, 0) is 13.5 Å². The van der Waals surface area contributed by atoms with E-state index in [2.05, 4.69) is 10.3 Å². The van der Waals surface area contributed by atoms with Gasteiger partial charge in [-0.2, -0.15) is 0 Å². The zero-order valence-corrected chi connectivity index (χ0v) is 21.8. The average Bonchev–Trinajstić information content (AvgIpc) is 3.51. The highest BCUT2D eigenvalue weighted by molar-refractivity contribution is 7.16. The summed E-state index contributed by atoms with van der Waals surface area (Å²) in [5, 5.41) is 13.8. The first-order valence-electron chi connectivity index (χ1n) is 12.0. The molecule has 3 aromatic heterocycles. The van der Waals surface area contributed by atoms with Gasteiger partial charge in [0.05, 0.1) is 22.7 Å². The summed E-state index contributed by atoms with van der Waals surface area (Å²) >= 11 is 1.43. The minimum Gasteiger partial charge on any atom is -0.390 e. The zero-order chi connectivity index (χ0) is 26.6. The third kappa shape index (κ3) is 4.55. The number of thiophene rings is 1. The second-order valence-corrected chi connectivity index (χ2v) is 11.1. The molecule has 7 nitrogen and oxygen atoms in total. The van der Waals surface area contributed by atoms with Crippen molar-refractivity contribution in [1.29, 1.82) is 0 Å². The summed E-state index contributed by atoms with van der Waals surface area (Å²) in [6.07, 6.45) is 0.700. The van der Waals surface area contributed by atoms with E-state index in [-0.39, 0.29) is 34.8 Å². The molecular formula is C27H28F2N4O3S. The van der Waals surface area contributed by atoms with Crippen LogP contribution in [0.25, 0.3) is 21.3 Å². The van der Waals surface area contributed by atoms with Crippen LogP contribution in [0, 0.1) is 5.82 Å². The number of anilines is 2. The molecule has 1 amide bonds. The molecule has 0 saturated carbocycles. The largest absolute Gasteiger partial charge is 0.390 e. The average molecular weight is 527 g/mol. The molecule has 0 saturated heterocycles. The predicted octanol–water partition coefficient (Wildman–Crippen LogP) is 4.96. The number of benzene rings is 1. The highest BCUT2D eigenvalue weighted by Crippen LogP contribution is 2.49. The Balaban J connectivity index is 1.74. The number of fused-ring (bicyclic) bond motifs is 2. The number of hydrogen-bond donors (Lipinski definition) is 3. The molecular weight excluding hydrogens is 498 g/mol. The lowest BCUT2D eigenvalue weighted by atomic mass is 10.0. The fraction of sp³-hybridized carbons (Fsp3) is 0.333. The number of H-pyrrole nitrogens is 1. The van der Waals surface area contributed by atoms with Crippen LogP contribution in [0.15, 0.2) is 41.3 Å². The van der Waals surface area contributed by atoms with E-state index >= 15 is 4.39 Å². The number of nitrogens with one attached hydrogen (secondary N) is 2. The maximum Gasteiger partial charge on any atom is 0.274 e. The second-order valence-electron chi connectivity index (χ2n) is 9.99. The van der Waals surface area contributed by atoms with Crippen LogP contribution in [0.1, 0.15) is 47.9 Å². The molecule has 0 aliphatic carbocycles. The molecule has 4 heterocycles. The van der Waals surface area contributed by atoms with E-state index in [1.807, 2.05) is 17.9 Å². The van der Waals surface area contributed by atoms with E-state index in [0.717, 1.165) is 9.75 Å². The first-order chi connectivity index (χ1) is 17.5. The molecule has 1 aliphatic heterocycles. The second kappa shape index (κ2) is 9.11. The van der Waals surface area contributed by atoms with E-state index in [1.165, 1.54) is 28.0 Å². The molecule has 5 rings (SSSR count). The highest BCUT2D eigenvalue weighted by atomic mass is 32.1. The van der Waals surface area contributed by atoms with Crippen LogP contribution >= 0.6 is 11.3 Å². The molecule has 4 aromatic rings. The van der Waals surface area contributed by atoms with Crippen molar-refractivity contribution in [2.45, 2.75) is 39.0 Å². The Morgan fingerprint density at radius 2 is 2.03 bits per heavy atom. The fourth-order valence-corrected chi connectivity index (χ4v) is 6.24. The third-order valence-corrected chi connectivity index (χ3v) is 7.57. The Labute approximate surface area is 216 Å². The number of aryl methyl sites for hydroxylation is 1. The normalized spacial score (nSPS) is 15.4. The Kier molecular flexibility index (Phi) is 6.19. The number of amides is 1. The number of hydrogen-bond acceptors (Lipinski definition) is 5. The molecule has 0 bridgehead atoms. The lowest BCUT2D eigenvalue weighted by Crippen LogP contribution is -2.23. The molecule has 1 aliphatic rings. The van der Waals surface area contributed by atoms with E-state index in [1.54, 1.807) is 39.2 Å². The smallest absolute Gasteiger partial charge is 0.274 e. The Bertz CT molecular complexity index is 1580. The minimum absolute atomic E-state index is 0.0106. The minimum atomic E-state index is -1.37. The summed E-state index contributed by atoms with van der Waals surface area (Å²) in [7, 11) is 1.63. The SMILES string of the molecule is CCNC(=O)c1cc2c(-c3sc(CC(C)(C)O)cc3N3CC(F)c4cc(F)ccc43)cn(C)c(=O)c2[nH]1. The molecule has 194 valence electrons. The number of carbonyl (C=O) groups excluding carboxylic acids is 1. The number of aliphatic hydroxyl groups is 1. The van der Waals surface area contributed by atoms with Crippen LogP contribution < -0.4 is 15.8 Å². The number of carbonyl (C=O) groups is 1. The van der Waals surface area contributed by atoms with Crippen LogP contribution in [-0.4, -0.2) is 39.3 Å². The van der Waals surface area contributed by atoms with Gasteiger partial charge in [0.1, 0.15) is 23.2 Å². The van der Waals surface area contributed by atoms with Gasteiger partial charge in [0, 0.05) is 53.3 Å². The number of pyridine rings is 1. The number of rotatable bonds is 6. The Hall–Kier alpha value is -3.50. The molecule has 1 atom stereocenters. The van der Waals surface area contributed by atoms with E-state index in [0.29, 0.717) is 35.3 Å². The van der Waals surface area contributed by atoms with Crippen molar-refractivity contribution in [3.8, 4) is 10.4 Å². The van der Waals surface area contributed by atoms with Crippen molar-refractivity contribution in [3.63, 3.8) is 0 Å². The molecule has 0 fully saturated rings. The number of aromatic nitrogens is 2. The lowest BCUT2D eigenvalue weighted by molar-refractivity contribution is 0.0818. The van der Waals surface area contributed by atoms with Crippen molar-refractivity contribution in [1.82, 2.24) is 14.9 Å². The monoisotopic (exact) mass is 526 g/mol. The maximum atomic E-state index is 15.0. The highest BCUT2D eigenvalue weighted by Gasteiger charge is 2.33. The fourth-order valence-electron chi connectivity index (χ4n) is 4.84. The summed E-state index contributed by atoms with van der Waals surface area (Å²) in [6, 6.07) is 7.67. The van der Waals surface area contributed by atoms with Crippen LogP contribution in [0.2, 0.25) is 0 Å². The Morgan fingerprint density at radius 1 is 1.27 bits per heavy atom. The molecule has 0 radical (unpaired) electrons. The summed E-state index contributed by atoms with van der Waals surface area (Å²) < 4.78 is 30.4. The predicted molar refractivity (Wildman–Crippen MR) is 142 cm³/mol. The molecule has 3 N–H and O–H groups in total. The molecule has 37 heavy (non-hydrogen) atoms. The first-order valence-corrected chi connectivity index (χ1v) is 12.9. The summed E-state index contributed by atoms with van der Waals surface area (Å²) in [4.78, 5) is 31.9. The van der Waals surface area contributed by atoms with E-state index in [4.69, 9.17) is 0 Å². The van der Waals surface area contributed by atoms with Crippen molar-refractivity contribution >= 4 is 39.5 Å². The van der Waals surface area contributed by atoms with Crippen molar-refractivity contribution in [2.75, 3.05) is 18.0 Å². The van der Waals surface area contributed by atoms with Gasteiger partial charge in [0.15, 0.2) is 0 Å². The topological polar surface area (TPSA) is 90.4 Å². The summed E-state index contributed by atoms with van der Waals surface area (Å²) in [5.41, 5.74) is 1.53. The van der Waals surface area contributed by atoms with Gasteiger partial charge in [0.25, 0.3) is 11.5 Å². The number of halogens is 2. The van der Waals surface area contributed by atoms with Crippen LogP contribution in [0.3, 0.4) is 0 Å². The first kappa shape index (κ1) is 25.2. The maximum absolute atomic E-state index is 15.0. The summed E-state index contributed by atoms with van der Waals surface area (Å²) in [6.45, 7) is 5.69. The van der Waals surface area contributed by atoms with Gasteiger partial charge in [0.2, 0.25) is 0 Å². The summed E-state index contributed by atoms with van der Waals surface area (Å²) in [5.74, 6) is -0.821. The molecule has 1 aromatic carbocycles.